The van der Waals surface area contributed by atoms with Crippen molar-refractivity contribution < 1.29 is 18.0 Å². The van der Waals surface area contributed by atoms with Crippen LogP contribution in [0.25, 0.3) is 0 Å². The Labute approximate surface area is 230 Å². The molecule has 202 valence electrons. The topological polar surface area (TPSA) is 86.8 Å². The summed E-state index contributed by atoms with van der Waals surface area (Å²) in [6.07, 6.45) is 0.572. The average molecular weight is 556 g/mol. The Morgan fingerprint density at radius 1 is 0.921 bits per heavy atom. The number of amides is 2. The zero-order valence-corrected chi connectivity index (χ0v) is 23.7. The second-order valence-corrected chi connectivity index (χ2v) is 11.3. The number of anilines is 1. The molecule has 0 aliphatic carbocycles. The van der Waals surface area contributed by atoms with Gasteiger partial charge in [-0.05, 0) is 62.6 Å². The molecular weight excluding hydrogens is 522 g/mol. The van der Waals surface area contributed by atoms with Gasteiger partial charge in [-0.1, -0.05) is 72.6 Å². The van der Waals surface area contributed by atoms with Crippen LogP contribution in [0.2, 0.25) is 5.02 Å². The van der Waals surface area contributed by atoms with Crippen molar-refractivity contribution >= 4 is 39.1 Å². The summed E-state index contributed by atoms with van der Waals surface area (Å²) in [6.45, 7) is 7.18. The predicted molar refractivity (Wildman–Crippen MR) is 152 cm³/mol. The first-order chi connectivity index (χ1) is 18.1. The van der Waals surface area contributed by atoms with E-state index < -0.39 is 28.5 Å². The molecule has 0 unspecified atom stereocenters. The second kappa shape index (κ2) is 12.9. The van der Waals surface area contributed by atoms with Crippen LogP contribution in [0.15, 0.2) is 77.7 Å². The average Bonchev–Trinajstić information content (AvgIpc) is 2.91. The zero-order chi connectivity index (χ0) is 27.9. The first-order valence-electron chi connectivity index (χ1n) is 12.6. The molecule has 0 aliphatic heterocycles. The Kier molecular flexibility index (Phi) is 9.94. The standard InChI is InChI=1S/C29H34ClN3O4S/c1-5-23-11-8-10-14-27(23)33(38(36,37)25-17-15-21(3)16-18-25)20-28(34)32(22(4)29(35)31-6-2)19-24-12-7-9-13-26(24)30/h7-18,22H,5-6,19-20H2,1-4H3,(H,31,35)/t22-/m0/s1. The van der Waals surface area contributed by atoms with E-state index in [0.717, 1.165) is 15.4 Å². The molecule has 0 bridgehead atoms. The molecule has 3 aromatic carbocycles. The molecule has 3 aromatic rings. The Bertz CT molecular complexity index is 1380. The van der Waals surface area contributed by atoms with E-state index in [-0.39, 0.29) is 17.3 Å². The number of para-hydroxylation sites is 1. The van der Waals surface area contributed by atoms with Crippen molar-refractivity contribution in [2.24, 2.45) is 0 Å². The van der Waals surface area contributed by atoms with E-state index in [1.54, 1.807) is 62.4 Å². The maximum absolute atomic E-state index is 13.9. The minimum atomic E-state index is -4.11. The summed E-state index contributed by atoms with van der Waals surface area (Å²) in [7, 11) is -4.11. The molecule has 0 radical (unpaired) electrons. The highest BCUT2D eigenvalue weighted by Crippen LogP contribution is 2.28. The number of nitrogens with one attached hydrogen (secondary N) is 1. The molecule has 3 rings (SSSR count). The van der Waals surface area contributed by atoms with Crippen molar-refractivity contribution in [3.8, 4) is 0 Å². The van der Waals surface area contributed by atoms with Crippen LogP contribution < -0.4 is 9.62 Å². The number of benzene rings is 3. The van der Waals surface area contributed by atoms with Crippen LogP contribution in [0.5, 0.6) is 0 Å². The molecule has 0 saturated heterocycles. The maximum atomic E-state index is 13.9. The number of hydrogen-bond donors (Lipinski definition) is 1. The van der Waals surface area contributed by atoms with Crippen molar-refractivity contribution in [2.75, 3.05) is 17.4 Å². The van der Waals surface area contributed by atoms with Gasteiger partial charge in [0.15, 0.2) is 0 Å². The van der Waals surface area contributed by atoms with Crippen LogP contribution >= 0.6 is 11.6 Å². The summed E-state index contributed by atoms with van der Waals surface area (Å²) in [5.41, 5.74) is 2.78. The van der Waals surface area contributed by atoms with Crippen LogP contribution in [-0.4, -0.2) is 44.3 Å². The van der Waals surface area contributed by atoms with E-state index in [2.05, 4.69) is 5.32 Å². The lowest BCUT2D eigenvalue weighted by Crippen LogP contribution is -2.51. The SMILES string of the molecule is CCNC(=O)[C@H](C)N(Cc1ccccc1Cl)C(=O)CN(c1ccccc1CC)S(=O)(=O)c1ccc(C)cc1. The molecular formula is C29H34ClN3O4S. The van der Waals surface area contributed by atoms with Gasteiger partial charge in [0.25, 0.3) is 10.0 Å². The first-order valence-corrected chi connectivity index (χ1v) is 14.4. The van der Waals surface area contributed by atoms with E-state index in [9.17, 15) is 18.0 Å². The quantitative estimate of drug-likeness (QED) is 0.362. The fourth-order valence-electron chi connectivity index (χ4n) is 4.12. The molecule has 0 fully saturated rings. The third-order valence-corrected chi connectivity index (χ3v) is 8.49. The molecule has 1 atom stereocenters. The summed E-state index contributed by atoms with van der Waals surface area (Å²) in [4.78, 5) is 28.2. The van der Waals surface area contributed by atoms with Gasteiger partial charge >= 0.3 is 0 Å². The van der Waals surface area contributed by atoms with Gasteiger partial charge in [0, 0.05) is 18.1 Å². The second-order valence-electron chi connectivity index (χ2n) is 8.99. The lowest BCUT2D eigenvalue weighted by Gasteiger charge is -2.32. The fraction of sp³-hybridized carbons (Fsp3) is 0.310. The Hall–Kier alpha value is -3.36. The zero-order valence-electron chi connectivity index (χ0n) is 22.1. The number of aryl methyl sites for hydroxylation is 2. The highest BCUT2D eigenvalue weighted by Gasteiger charge is 2.33. The maximum Gasteiger partial charge on any atom is 0.264 e. The van der Waals surface area contributed by atoms with Crippen molar-refractivity contribution in [2.45, 2.75) is 51.6 Å². The van der Waals surface area contributed by atoms with Gasteiger partial charge in [0.05, 0.1) is 10.6 Å². The lowest BCUT2D eigenvalue weighted by molar-refractivity contribution is -0.139. The van der Waals surface area contributed by atoms with Crippen LogP contribution in [0.3, 0.4) is 0 Å². The highest BCUT2D eigenvalue weighted by atomic mass is 35.5. The summed E-state index contributed by atoms with van der Waals surface area (Å²) < 4.78 is 29.0. The van der Waals surface area contributed by atoms with Crippen LogP contribution in [0.4, 0.5) is 5.69 Å². The van der Waals surface area contributed by atoms with Crippen LogP contribution in [-0.2, 0) is 32.6 Å². The molecule has 0 aromatic heterocycles. The third kappa shape index (κ3) is 6.74. The van der Waals surface area contributed by atoms with E-state index in [4.69, 9.17) is 11.6 Å². The number of hydrogen-bond acceptors (Lipinski definition) is 4. The number of rotatable bonds is 11. The van der Waals surface area contributed by atoms with Gasteiger partial charge < -0.3 is 10.2 Å². The lowest BCUT2D eigenvalue weighted by atomic mass is 10.1. The number of nitrogens with zero attached hydrogens (tertiary/aromatic N) is 2. The van der Waals surface area contributed by atoms with Crippen LogP contribution in [0.1, 0.15) is 37.5 Å². The molecule has 0 aliphatic rings. The number of carbonyl (C=O) groups excluding carboxylic acids is 2. The van der Waals surface area contributed by atoms with E-state index in [1.165, 1.54) is 17.0 Å². The summed E-state index contributed by atoms with van der Waals surface area (Å²) in [5.74, 6) is -0.861. The fourth-order valence-corrected chi connectivity index (χ4v) is 5.77. The van der Waals surface area contributed by atoms with E-state index >= 15 is 0 Å². The first kappa shape index (κ1) is 29.2. The normalized spacial score (nSPS) is 12.0. The number of halogens is 1. The molecule has 0 heterocycles. The van der Waals surface area contributed by atoms with Crippen molar-refractivity contribution in [1.82, 2.24) is 10.2 Å². The van der Waals surface area contributed by atoms with Gasteiger partial charge in [-0.3, -0.25) is 13.9 Å². The van der Waals surface area contributed by atoms with Gasteiger partial charge in [0.2, 0.25) is 11.8 Å². The van der Waals surface area contributed by atoms with Gasteiger partial charge in [0.1, 0.15) is 12.6 Å². The summed E-state index contributed by atoms with van der Waals surface area (Å²) >= 11 is 6.38. The Balaban J connectivity index is 2.08. The third-order valence-electron chi connectivity index (χ3n) is 6.35. The molecule has 9 heteroatoms. The molecule has 7 nitrogen and oxygen atoms in total. The van der Waals surface area contributed by atoms with Gasteiger partial charge in [-0.2, -0.15) is 0 Å². The molecule has 38 heavy (non-hydrogen) atoms. The monoisotopic (exact) mass is 555 g/mol. The van der Waals surface area contributed by atoms with E-state index in [0.29, 0.717) is 29.2 Å². The van der Waals surface area contributed by atoms with Crippen molar-refractivity contribution in [1.29, 1.82) is 0 Å². The smallest absolute Gasteiger partial charge is 0.264 e. The highest BCUT2D eigenvalue weighted by molar-refractivity contribution is 7.92. The van der Waals surface area contributed by atoms with Gasteiger partial charge in [-0.25, -0.2) is 8.42 Å². The number of likely N-dealkylation sites (N-methyl/N-ethyl adjacent to an activating group) is 1. The predicted octanol–water partition coefficient (Wildman–Crippen LogP) is 4.96. The Morgan fingerprint density at radius 2 is 1.53 bits per heavy atom. The minimum Gasteiger partial charge on any atom is -0.355 e. The molecule has 2 amide bonds. The van der Waals surface area contributed by atoms with Crippen LogP contribution in [0, 0.1) is 6.92 Å². The Morgan fingerprint density at radius 3 is 2.13 bits per heavy atom. The molecule has 0 spiro atoms. The largest absolute Gasteiger partial charge is 0.355 e. The number of sulfonamides is 1. The summed E-state index contributed by atoms with van der Waals surface area (Å²) in [6, 6.07) is 19.8. The van der Waals surface area contributed by atoms with Gasteiger partial charge in [-0.15, -0.1) is 0 Å². The van der Waals surface area contributed by atoms with Crippen molar-refractivity contribution in [3.05, 3.63) is 94.5 Å². The molecule has 0 saturated carbocycles. The number of carbonyl (C=O) groups is 2. The van der Waals surface area contributed by atoms with Crippen molar-refractivity contribution in [3.63, 3.8) is 0 Å². The summed E-state index contributed by atoms with van der Waals surface area (Å²) in [5, 5.41) is 3.20. The molecule has 1 N–H and O–H groups in total. The minimum absolute atomic E-state index is 0.0463. The van der Waals surface area contributed by atoms with E-state index in [1.807, 2.05) is 26.0 Å².